The highest BCUT2D eigenvalue weighted by atomic mass is 35.5. The van der Waals surface area contributed by atoms with Gasteiger partial charge >= 0.3 is 0 Å². The summed E-state index contributed by atoms with van der Waals surface area (Å²) in [6.45, 7) is 1.45. The van der Waals surface area contributed by atoms with Crippen LogP contribution in [0.5, 0.6) is 0 Å². The van der Waals surface area contributed by atoms with Crippen LogP contribution in [-0.4, -0.2) is 29.4 Å². The molecule has 0 radical (unpaired) electrons. The molecule has 0 aliphatic carbocycles. The van der Waals surface area contributed by atoms with Gasteiger partial charge in [-0.1, -0.05) is 35.0 Å². The van der Waals surface area contributed by atoms with E-state index in [0.29, 0.717) is 27.5 Å². The quantitative estimate of drug-likeness (QED) is 0.616. The number of hydrogen-bond acceptors (Lipinski definition) is 5. The minimum absolute atomic E-state index is 0.0935. The molecule has 0 spiro atoms. The number of ketones is 1. The first-order valence-corrected chi connectivity index (χ1v) is 8.34. The third-order valence-electron chi connectivity index (χ3n) is 4.49. The number of halogens is 1. The van der Waals surface area contributed by atoms with Crippen LogP contribution in [0, 0.1) is 5.92 Å². The smallest absolute Gasteiger partial charge is 0.278 e. The van der Waals surface area contributed by atoms with Gasteiger partial charge in [0.2, 0.25) is 12.0 Å². The molecule has 2 aromatic carbocycles. The number of amides is 2. The number of fused-ring (bicyclic) bond motifs is 1. The number of nitrogens with zero attached hydrogens (tertiary/aromatic N) is 2. The van der Waals surface area contributed by atoms with Crippen molar-refractivity contribution in [2.75, 3.05) is 4.90 Å². The lowest BCUT2D eigenvalue weighted by Gasteiger charge is -2.15. The first-order valence-electron chi connectivity index (χ1n) is 7.96. The van der Waals surface area contributed by atoms with E-state index in [-0.39, 0.29) is 5.78 Å². The molecule has 130 valence electrons. The number of anilines is 1. The lowest BCUT2D eigenvalue weighted by Crippen LogP contribution is -2.33. The molecule has 1 fully saturated rings. The van der Waals surface area contributed by atoms with Crippen LogP contribution in [0.15, 0.2) is 53.7 Å². The van der Waals surface area contributed by atoms with Crippen LogP contribution in [0.1, 0.15) is 22.8 Å². The van der Waals surface area contributed by atoms with Gasteiger partial charge in [0.1, 0.15) is 11.6 Å². The number of carbonyl (C=O) groups excluding carboxylic acids is 3. The number of oxime groups is 1. The van der Waals surface area contributed by atoms with Gasteiger partial charge < -0.3 is 4.84 Å². The van der Waals surface area contributed by atoms with Crippen LogP contribution in [0.25, 0.3) is 0 Å². The highest BCUT2D eigenvalue weighted by Gasteiger charge is 2.56. The highest BCUT2D eigenvalue weighted by molar-refractivity contribution is 6.38. The fourth-order valence-corrected chi connectivity index (χ4v) is 3.40. The summed E-state index contributed by atoms with van der Waals surface area (Å²) >= 11 is 6.20. The van der Waals surface area contributed by atoms with Gasteiger partial charge in [-0.05, 0) is 37.3 Å². The standard InChI is InChI=1S/C19H13ClN2O4/c1-10(23)11-6-8-12(9-7-11)22-18(24)15-16(21-26-17(15)19(22)25)13-4-2-3-5-14(13)20/h2-9,15,17H,1H3/t15-,17-/m0/s1. The zero-order chi connectivity index (χ0) is 18.4. The minimum Gasteiger partial charge on any atom is -0.381 e. The number of imide groups is 1. The second kappa shape index (κ2) is 6.07. The van der Waals surface area contributed by atoms with Crippen molar-refractivity contribution < 1.29 is 19.2 Å². The number of rotatable bonds is 3. The fourth-order valence-electron chi connectivity index (χ4n) is 3.17. The van der Waals surface area contributed by atoms with Crippen molar-refractivity contribution in [3.05, 3.63) is 64.7 Å². The largest absolute Gasteiger partial charge is 0.381 e. The SMILES string of the molecule is CC(=O)c1ccc(N2C(=O)[C@H]3C(c4ccccc4Cl)=NO[C@@H]3C2=O)cc1. The van der Waals surface area contributed by atoms with E-state index in [1.165, 1.54) is 6.92 Å². The minimum atomic E-state index is -0.999. The van der Waals surface area contributed by atoms with Crippen molar-refractivity contribution in [2.45, 2.75) is 13.0 Å². The lowest BCUT2D eigenvalue weighted by atomic mass is 9.94. The van der Waals surface area contributed by atoms with Gasteiger partial charge in [-0.2, -0.15) is 0 Å². The third-order valence-corrected chi connectivity index (χ3v) is 4.82. The maximum atomic E-state index is 12.9. The van der Waals surface area contributed by atoms with E-state index in [1.54, 1.807) is 48.5 Å². The van der Waals surface area contributed by atoms with Crippen molar-refractivity contribution in [3.63, 3.8) is 0 Å². The average molecular weight is 369 g/mol. The van der Waals surface area contributed by atoms with Gasteiger partial charge in [0.15, 0.2) is 5.78 Å². The summed E-state index contributed by atoms with van der Waals surface area (Å²) in [5, 5.41) is 4.37. The lowest BCUT2D eigenvalue weighted by molar-refractivity contribution is -0.126. The molecule has 1 saturated heterocycles. The molecule has 2 aromatic rings. The number of hydrogen-bond donors (Lipinski definition) is 0. The molecule has 7 heteroatoms. The molecule has 6 nitrogen and oxygen atoms in total. The van der Waals surface area contributed by atoms with E-state index in [9.17, 15) is 14.4 Å². The molecule has 2 amide bonds. The highest BCUT2D eigenvalue weighted by Crippen LogP contribution is 2.36. The second-order valence-electron chi connectivity index (χ2n) is 6.08. The average Bonchev–Trinajstić information content (AvgIpc) is 3.16. The first-order chi connectivity index (χ1) is 12.5. The topological polar surface area (TPSA) is 76.0 Å². The van der Waals surface area contributed by atoms with Gasteiger partial charge in [-0.15, -0.1) is 0 Å². The Morgan fingerprint density at radius 1 is 1.08 bits per heavy atom. The summed E-state index contributed by atoms with van der Waals surface area (Å²) in [7, 11) is 0. The molecular formula is C19H13ClN2O4. The Hall–Kier alpha value is -2.99. The normalized spacial score (nSPS) is 21.5. The Morgan fingerprint density at radius 3 is 2.42 bits per heavy atom. The molecule has 4 rings (SSSR count). The Kier molecular flexibility index (Phi) is 3.85. The zero-order valence-corrected chi connectivity index (χ0v) is 14.4. The Bertz CT molecular complexity index is 968. The maximum absolute atomic E-state index is 12.9. The maximum Gasteiger partial charge on any atom is 0.278 e. The number of carbonyl (C=O) groups is 3. The molecule has 0 N–H and O–H groups in total. The Labute approximate surface area is 154 Å². The van der Waals surface area contributed by atoms with Crippen molar-refractivity contribution in [1.82, 2.24) is 0 Å². The van der Waals surface area contributed by atoms with Crippen LogP contribution in [0.3, 0.4) is 0 Å². The molecule has 0 bridgehead atoms. The summed E-state index contributed by atoms with van der Waals surface area (Å²) in [5.41, 5.74) is 1.81. The van der Waals surface area contributed by atoms with Gasteiger partial charge in [0.25, 0.3) is 5.91 Å². The molecule has 0 saturated carbocycles. The summed E-state index contributed by atoms with van der Waals surface area (Å²) in [6.07, 6.45) is -0.999. The molecule has 2 aliphatic heterocycles. The first kappa shape index (κ1) is 16.5. The van der Waals surface area contributed by atoms with E-state index in [1.807, 2.05) is 0 Å². The van der Waals surface area contributed by atoms with Gasteiger partial charge in [0, 0.05) is 16.1 Å². The van der Waals surface area contributed by atoms with E-state index < -0.39 is 23.8 Å². The van der Waals surface area contributed by atoms with Crippen LogP contribution in [0.2, 0.25) is 5.02 Å². The molecule has 2 aliphatic rings. The van der Waals surface area contributed by atoms with Crippen molar-refractivity contribution in [3.8, 4) is 0 Å². The summed E-state index contributed by atoms with van der Waals surface area (Å²) in [5.74, 6) is -1.84. The summed E-state index contributed by atoms with van der Waals surface area (Å²) < 4.78 is 0. The van der Waals surface area contributed by atoms with Gasteiger partial charge in [-0.3, -0.25) is 14.4 Å². The Morgan fingerprint density at radius 2 is 1.77 bits per heavy atom. The molecule has 2 atom stereocenters. The number of Topliss-reactive ketones (excluding diaryl/α,β-unsaturated/α-hetero) is 1. The molecule has 2 heterocycles. The second-order valence-corrected chi connectivity index (χ2v) is 6.48. The summed E-state index contributed by atoms with van der Waals surface area (Å²) in [6, 6.07) is 13.3. The predicted molar refractivity (Wildman–Crippen MR) is 95.3 cm³/mol. The van der Waals surface area contributed by atoms with E-state index in [4.69, 9.17) is 16.4 Å². The van der Waals surface area contributed by atoms with E-state index in [0.717, 1.165) is 4.90 Å². The molecule has 0 aromatic heterocycles. The van der Waals surface area contributed by atoms with Crippen LogP contribution in [-0.2, 0) is 14.4 Å². The van der Waals surface area contributed by atoms with Crippen molar-refractivity contribution in [1.29, 1.82) is 0 Å². The molecular weight excluding hydrogens is 356 g/mol. The molecule has 26 heavy (non-hydrogen) atoms. The monoisotopic (exact) mass is 368 g/mol. The van der Waals surface area contributed by atoms with Crippen molar-refractivity contribution >= 4 is 40.6 Å². The van der Waals surface area contributed by atoms with E-state index in [2.05, 4.69) is 5.16 Å². The van der Waals surface area contributed by atoms with Gasteiger partial charge in [-0.25, -0.2) is 4.90 Å². The van der Waals surface area contributed by atoms with Crippen LogP contribution < -0.4 is 4.90 Å². The summed E-state index contributed by atoms with van der Waals surface area (Å²) in [4.78, 5) is 43.4. The zero-order valence-electron chi connectivity index (χ0n) is 13.7. The predicted octanol–water partition coefficient (Wildman–Crippen LogP) is 2.84. The van der Waals surface area contributed by atoms with E-state index >= 15 is 0 Å². The van der Waals surface area contributed by atoms with Crippen molar-refractivity contribution in [2.24, 2.45) is 11.1 Å². The number of benzene rings is 2. The van der Waals surface area contributed by atoms with Crippen LogP contribution >= 0.6 is 11.6 Å². The van der Waals surface area contributed by atoms with Gasteiger partial charge in [0.05, 0.1) is 5.69 Å². The van der Waals surface area contributed by atoms with Crippen LogP contribution in [0.4, 0.5) is 5.69 Å². The fraction of sp³-hybridized carbons (Fsp3) is 0.158. The third kappa shape index (κ3) is 2.42. The molecule has 0 unspecified atom stereocenters. The Balaban J connectivity index is 1.69.